The second-order valence-corrected chi connectivity index (χ2v) is 7.59. The molecule has 0 bridgehead atoms. The molecule has 1 aliphatic carbocycles. The van der Waals surface area contributed by atoms with Gasteiger partial charge in [0.15, 0.2) is 6.61 Å². The van der Waals surface area contributed by atoms with Crippen molar-refractivity contribution in [3.63, 3.8) is 0 Å². The first kappa shape index (κ1) is 23.0. The number of carbonyl (C=O) groups is 3. The monoisotopic (exact) mass is 460 g/mol. The van der Waals surface area contributed by atoms with E-state index in [1.54, 1.807) is 4.90 Å². The van der Waals surface area contributed by atoms with Gasteiger partial charge in [0.1, 0.15) is 23.3 Å². The molecule has 1 saturated carbocycles. The van der Waals surface area contributed by atoms with Crippen molar-refractivity contribution < 1.29 is 32.4 Å². The van der Waals surface area contributed by atoms with Crippen LogP contribution < -0.4 is 4.90 Å². The van der Waals surface area contributed by atoms with E-state index in [4.69, 9.17) is 16.4 Å². The molecule has 2 heterocycles. The minimum Gasteiger partial charge on any atom is -0.386 e. The molecule has 0 spiro atoms. The van der Waals surface area contributed by atoms with Gasteiger partial charge >= 0.3 is 6.18 Å². The van der Waals surface area contributed by atoms with Gasteiger partial charge in [0, 0.05) is 45.2 Å². The molecule has 0 atom stereocenters. The minimum atomic E-state index is -4.53. The fourth-order valence-electron chi connectivity index (χ4n) is 3.37. The number of hydrogen-bond donors (Lipinski definition) is 0. The number of anilines is 1. The van der Waals surface area contributed by atoms with E-state index in [0.29, 0.717) is 45.4 Å². The lowest BCUT2D eigenvalue weighted by Gasteiger charge is -2.35. The van der Waals surface area contributed by atoms with Crippen LogP contribution >= 0.6 is 11.6 Å². The molecule has 31 heavy (non-hydrogen) atoms. The topological polar surface area (TPSA) is 92.2 Å². The fourth-order valence-corrected chi connectivity index (χ4v) is 3.65. The summed E-state index contributed by atoms with van der Waals surface area (Å²) in [5, 5.41) is 3.48. The van der Waals surface area contributed by atoms with Gasteiger partial charge in [0.25, 0.3) is 5.91 Å². The number of pyridine rings is 1. The van der Waals surface area contributed by atoms with Crippen LogP contribution in [0.1, 0.15) is 24.8 Å². The maximum absolute atomic E-state index is 12.7. The average molecular weight is 461 g/mol. The fraction of sp³-hybridized carbons (Fsp3) is 0.526. The number of piperazine rings is 1. The SMILES string of the molecule is O=C1CCCC(=O)C1/C=N/OCC(=O)N1CCN(c2ncc(C(F)(F)F)cc2Cl)CC1. The van der Waals surface area contributed by atoms with Gasteiger partial charge in [0.2, 0.25) is 0 Å². The van der Waals surface area contributed by atoms with Crippen molar-refractivity contribution in [2.24, 2.45) is 11.1 Å². The highest BCUT2D eigenvalue weighted by Gasteiger charge is 2.32. The third kappa shape index (κ3) is 5.72. The van der Waals surface area contributed by atoms with Gasteiger partial charge in [-0.25, -0.2) is 4.98 Å². The molecule has 2 fully saturated rings. The van der Waals surface area contributed by atoms with Crippen LogP contribution in [0.25, 0.3) is 0 Å². The zero-order valence-electron chi connectivity index (χ0n) is 16.4. The van der Waals surface area contributed by atoms with Crippen molar-refractivity contribution in [3.05, 3.63) is 22.8 Å². The summed E-state index contributed by atoms with van der Waals surface area (Å²) in [5.74, 6) is -1.44. The first-order valence-electron chi connectivity index (χ1n) is 9.63. The largest absolute Gasteiger partial charge is 0.417 e. The first-order valence-corrected chi connectivity index (χ1v) is 10.0. The summed E-state index contributed by atoms with van der Waals surface area (Å²) >= 11 is 5.97. The molecular weight excluding hydrogens is 441 g/mol. The molecule has 1 aliphatic heterocycles. The Kier molecular flexibility index (Phi) is 7.14. The summed E-state index contributed by atoms with van der Waals surface area (Å²) in [6.07, 6.45) is -1.48. The second kappa shape index (κ2) is 9.63. The Morgan fingerprint density at radius 1 is 1.23 bits per heavy atom. The van der Waals surface area contributed by atoms with E-state index >= 15 is 0 Å². The van der Waals surface area contributed by atoms with E-state index in [9.17, 15) is 27.6 Å². The number of amides is 1. The van der Waals surface area contributed by atoms with E-state index in [2.05, 4.69) is 10.1 Å². The molecule has 0 N–H and O–H groups in total. The summed E-state index contributed by atoms with van der Waals surface area (Å²) in [4.78, 5) is 47.6. The normalized spacial score (nSPS) is 18.7. The van der Waals surface area contributed by atoms with E-state index in [1.807, 2.05) is 0 Å². The second-order valence-electron chi connectivity index (χ2n) is 7.19. The van der Waals surface area contributed by atoms with Crippen molar-refractivity contribution in [2.75, 3.05) is 37.7 Å². The van der Waals surface area contributed by atoms with Gasteiger partial charge in [-0.2, -0.15) is 13.2 Å². The summed E-state index contributed by atoms with van der Waals surface area (Å²) in [5.41, 5.74) is -0.926. The Balaban J connectivity index is 1.47. The molecule has 168 valence electrons. The molecule has 12 heteroatoms. The maximum atomic E-state index is 12.7. The Bertz CT molecular complexity index is 869. The van der Waals surface area contributed by atoms with Crippen molar-refractivity contribution in [1.82, 2.24) is 9.88 Å². The number of Topliss-reactive ketones (excluding diaryl/α,β-unsaturated/α-hetero) is 2. The molecule has 1 aromatic heterocycles. The highest BCUT2D eigenvalue weighted by molar-refractivity contribution is 6.33. The Morgan fingerprint density at radius 3 is 2.45 bits per heavy atom. The smallest absolute Gasteiger partial charge is 0.386 e. The Morgan fingerprint density at radius 2 is 1.87 bits per heavy atom. The first-order chi connectivity index (χ1) is 14.7. The van der Waals surface area contributed by atoms with Gasteiger partial charge in [-0.05, 0) is 12.5 Å². The lowest BCUT2D eigenvalue weighted by atomic mass is 9.88. The molecule has 1 aromatic rings. The van der Waals surface area contributed by atoms with Crippen LogP contribution in [-0.2, 0) is 25.4 Å². The minimum absolute atomic E-state index is 0.112. The highest BCUT2D eigenvalue weighted by Crippen LogP contribution is 2.33. The molecular formula is C19H20ClF3N4O4. The van der Waals surface area contributed by atoms with Crippen LogP contribution in [0.2, 0.25) is 5.02 Å². The van der Waals surface area contributed by atoms with Crippen LogP contribution in [0, 0.1) is 5.92 Å². The number of ketones is 2. The summed E-state index contributed by atoms with van der Waals surface area (Å²) in [6, 6.07) is 0.828. The number of nitrogens with zero attached hydrogens (tertiary/aromatic N) is 4. The van der Waals surface area contributed by atoms with Crippen molar-refractivity contribution >= 4 is 41.1 Å². The predicted octanol–water partition coefficient (Wildman–Crippen LogP) is 2.34. The molecule has 3 rings (SSSR count). The molecule has 8 nitrogen and oxygen atoms in total. The number of aromatic nitrogens is 1. The lowest BCUT2D eigenvalue weighted by molar-refractivity contribution is -0.138. The zero-order valence-corrected chi connectivity index (χ0v) is 17.2. The van der Waals surface area contributed by atoms with Crippen LogP contribution in [0.3, 0.4) is 0 Å². The summed E-state index contributed by atoms with van der Waals surface area (Å²) in [7, 11) is 0. The highest BCUT2D eigenvalue weighted by atomic mass is 35.5. The lowest BCUT2D eigenvalue weighted by Crippen LogP contribution is -2.50. The molecule has 2 aliphatic rings. The van der Waals surface area contributed by atoms with E-state index in [-0.39, 0.29) is 34.9 Å². The number of carbonyl (C=O) groups excluding carboxylic acids is 3. The van der Waals surface area contributed by atoms with E-state index in [0.717, 1.165) is 18.5 Å². The number of halogens is 4. The third-order valence-corrected chi connectivity index (χ3v) is 5.37. The van der Waals surface area contributed by atoms with Gasteiger partial charge in [-0.1, -0.05) is 16.8 Å². The quantitative estimate of drug-likeness (QED) is 0.380. The van der Waals surface area contributed by atoms with Crippen molar-refractivity contribution in [1.29, 1.82) is 0 Å². The van der Waals surface area contributed by atoms with E-state index in [1.165, 1.54) is 4.90 Å². The molecule has 1 saturated heterocycles. The van der Waals surface area contributed by atoms with Gasteiger partial charge in [-0.15, -0.1) is 0 Å². The summed E-state index contributed by atoms with van der Waals surface area (Å²) in [6.45, 7) is 0.899. The van der Waals surface area contributed by atoms with Crippen LogP contribution in [0.4, 0.5) is 19.0 Å². The van der Waals surface area contributed by atoms with Crippen molar-refractivity contribution in [2.45, 2.75) is 25.4 Å². The predicted molar refractivity (Wildman–Crippen MR) is 105 cm³/mol. The number of hydrogen-bond acceptors (Lipinski definition) is 7. The number of rotatable bonds is 5. The maximum Gasteiger partial charge on any atom is 0.417 e. The van der Waals surface area contributed by atoms with Crippen LogP contribution in [0.15, 0.2) is 17.4 Å². The number of oxime groups is 1. The third-order valence-electron chi connectivity index (χ3n) is 5.09. The zero-order chi connectivity index (χ0) is 22.6. The van der Waals surface area contributed by atoms with Gasteiger partial charge < -0.3 is 14.6 Å². The van der Waals surface area contributed by atoms with Gasteiger partial charge in [-0.3, -0.25) is 14.4 Å². The molecule has 0 unspecified atom stereocenters. The Hall–Kier alpha value is -2.69. The molecule has 0 aromatic carbocycles. The average Bonchev–Trinajstić information content (AvgIpc) is 2.72. The molecule has 1 amide bonds. The van der Waals surface area contributed by atoms with Gasteiger partial charge in [0.05, 0.1) is 16.8 Å². The number of alkyl halides is 3. The standard InChI is InChI=1S/C19H20ClF3N4O4/c20-14-8-12(19(21,22)23)9-24-18(14)27-6-4-26(5-7-27)17(30)11-31-25-10-13-15(28)2-1-3-16(13)29/h8-10,13H,1-7,11H2/b25-10+. The van der Waals surface area contributed by atoms with Crippen molar-refractivity contribution in [3.8, 4) is 0 Å². The van der Waals surface area contributed by atoms with Crippen LogP contribution in [-0.4, -0.2) is 66.4 Å². The van der Waals surface area contributed by atoms with E-state index < -0.39 is 17.7 Å². The Labute approximate surface area is 181 Å². The molecule has 0 radical (unpaired) electrons. The summed E-state index contributed by atoms with van der Waals surface area (Å²) < 4.78 is 38.2. The van der Waals surface area contributed by atoms with Crippen LogP contribution in [0.5, 0.6) is 0 Å².